The number of fused-ring (bicyclic) bond motifs is 1. The first kappa shape index (κ1) is 21.3. The van der Waals surface area contributed by atoms with Gasteiger partial charge in [-0.2, -0.15) is 13.2 Å². The van der Waals surface area contributed by atoms with E-state index in [1.807, 2.05) is 42.5 Å². The molecule has 0 spiro atoms. The molecule has 3 aromatic carbocycles. The lowest BCUT2D eigenvalue weighted by Gasteiger charge is -2.16. The minimum absolute atomic E-state index is 0.118. The predicted molar refractivity (Wildman–Crippen MR) is 120 cm³/mol. The Labute approximate surface area is 191 Å². The maximum Gasteiger partial charge on any atom is 0.416 e. The maximum atomic E-state index is 12.8. The minimum atomic E-state index is -4.38. The quantitative estimate of drug-likeness (QED) is 0.343. The summed E-state index contributed by atoms with van der Waals surface area (Å²) in [6, 6.07) is 19.5. The van der Waals surface area contributed by atoms with E-state index in [0.29, 0.717) is 17.2 Å². The first-order valence-corrected chi connectivity index (χ1v) is 11.1. The third-order valence-corrected chi connectivity index (χ3v) is 6.40. The highest BCUT2D eigenvalue weighted by molar-refractivity contribution is 7.09. The van der Waals surface area contributed by atoms with Gasteiger partial charge in [-0.1, -0.05) is 23.7 Å². The molecule has 0 amide bonds. The number of halogens is 3. The summed E-state index contributed by atoms with van der Waals surface area (Å²) in [5.41, 5.74) is 2.11. The largest absolute Gasteiger partial charge is 0.486 e. The molecule has 0 fully saturated rings. The number of rotatable bonds is 5. The lowest BCUT2D eigenvalue weighted by atomic mass is 10.1. The van der Waals surface area contributed by atoms with E-state index in [-0.39, 0.29) is 11.7 Å². The Hall–Kier alpha value is -3.52. The summed E-state index contributed by atoms with van der Waals surface area (Å²) < 4.78 is 53.2. The van der Waals surface area contributed by atoms with Gasteiger partial charge in [0.2, 0.25) is 0 Å². The molecule has 168 valence electrons. The fraction of sp³-hybridized carbons (Fsp3) is 0.160. The van der Waals surface area contributed by atoms with Crippen LogP contribution in [0.2, 0.25) is 0 Å². The number of aromatic nitrogens is 1. The van der Waals surface area contributed by atoms with E-state index in [0.717, 1.165) is 46.5 Å². The molecule has 0 saturated carbocycles. The molecule has 1 aliphatic carbocycles. The van der Waals surface area contributed by atoms with Crippen molar-refractivity contribution in [2.24, 2.45) is 0 Å². The van der Waals surface area contributed by atoms with E-state index >= 15 is 0 Å². The summed E-state index contributed by atoms with van der Waals surface area (Å²) in [6.45, 7) is 0. The predicted octanol–water partition coefficient (Wildman–Crippen LogP) is 6.98. The Morgan fingerprint density at radius 1 is 0.939 bits per heavy atom. The van der Waals surface area contributed by atoms with Gasteiger partial charge in [0.25, 0.3) is 5.56 Å². The van der Waals surface area contributed by atoms with Crippen molar-refractivity contribution in [1.29, 1.82) is 0 Å². The molecular formula is C25H18F3NO3S. The van der Waals surface area contributed by atoms with Crippen LogP contribution in [0, 0.1) is 0 Å². The SMILES string of the molecule is O=c1cc(-c2ccc(O[C@@H]3CCc4c(Oc5ccc(C(F)(F)F)cc5)cccc43)cc2)s[nH]1. The van der Waals surface area contributed by atoms with Gasteiger partial charge in [-0.15, -0.1) is 0 Å². The normalized spacial score (nSPS) is 15.3. The van der Waals surface area contributed by atoms with Gasteiger partial charge < -0.3 is 9.47 Å². The number of alkyl halides is 3. The molecule has 5 rings (SSSR count). The zero-order valence-corrected chi connectivity index (χ0v) is 18.0. The molecule has 0 unspecified atom stereocenters. The molecule has 33 heavy (non-hydrogen) atoms. The highest BCUT2D eigenvalue weighted by Gasteiger charge is 2.30. The van der Waals surface area contributed by atoms with E-state index in [1.165, 1.54) is 23.7 Å². The van der Waals surface area contributed by atoms with Crippen molar-refractivity contribution in [2.75, 3.05) is 0 Å². The van der Waals surface area contributed by atoms with Crippen LogP contribution in [0.4, 0.5) is 13.2 Å². The lowest BCUT2D eigenvalue weighted by Crippen LogP contribution is -2.04. The van der Waals surface area contributed by atoms with Gasteiger partial charge >= 0.3 is 6.18 Å². The average Bonchev–Trinajstić information content (AvgIpc) is 3.41. The van der Waals surface area contributed by atoms with Crippen molar-refractivity contribution in [1.82, 2.24) is 4.37 Å². The van der Waals surface area contributed by atoms with Crippen LogP contribution in [0.1, 0.15) is 29.2 Å². The van der Waals surface area contributed by atoms with Gasteiger partial charge in [-0.3, -0.25) is 9.17 Å². The first-order valence-electron chi connectivity index (χ1n) is 10.3. The number of benzene rings is 3. The van der Waals surface area contributed by atoms with Crippen LogP contribution in [0.5, 0.6) is 17.2 Å². The average molecular weight is 469 g/mol. The number of hydrogen-bond donors (Lipinski definition) is 1. The Kier molecular flexibility index (Phi) is 5.46. The van der Waals surface area contributed by atoms with E-state index in [9.17, 15) is 18.0 Å². The van der Waals surface area contributed by atoms with Crippen molar-refractivity contribution in [3.63, 3.8) is 0 Å². The van der Waals surface area contributed by atoms with Gasteiger partial charge in [0, 0.05) is 11.6 Å². The highest BCUT2D eigenvalue weighted by atomic mass is 32.1. The monoisotopic (exact) mass is 469 g/mol. The summed E-state index contributed by atoms with van der Waals surface area (Å²) in [5, 5.41) is 0. The third kappa shape index (κ3) is 4.52. The van der Waals surface area contributed by atoms with E-state index < -0.39 is 11.7 Å². The van der Waals surface area contributed by atoms with Crippen LogP contribution in [0.15, 0.2) is 77.6 Å². The standard InChI is InChI=1S/C25H18F3NO3S/c26-25(27,28)16-6-10-18(11-7-16)31-21-3-1-2-19-20(21)12-13-22(19)32-17-8-4-15(5-9-17)23-14-24(30)29-33-23/h1-11,14,22H,12-13H2,(H,29,30)/t22-/m1/s1. The molecule has 0 bridgehead atoms. The zero-order valence-electron chi connectivity index (χ0n) is 17.2. The van der Waals surface area contributed by atoms with Crippen LogP contribution in [-0.2, 0) is 12.6 Å². The minimum Gasteiger partial charge on any atom is -0.486 e. The topological polar surface area (TPSA) is 51.3 Å². The second kappa shape index (κ2) is 8.44. The summed E-state index contributed by atoms with van der Waals surface area (Å²) >= 11 is 1.29. The number of nitrogens with one attached hydrogen (secondary N) is 1. The Balaban J connectivity index is 1.31. The molecule has 4 aromatic rings. The second-order valence-corrected chi connectivity index (χ2v) is 8.54. The summed E-state index contributed by atoms with van der Waals surface area (Å²) in [5.74, 6) is 1.69. The molecule has 1 N–H and O–H groups in total. The van der Waals surface area contributed by atoms with E-state index in [4.69, 9.17) is 9.47 Å². The van der Waals surface area contributed by atoms with Gasteiger partial charge in [-0.25, -0.2) is 0 Å². The number of ether oxygens (including phenoxy) is 2. The summed E-state index contributed by atoms with van der Waals surface area (Å²) in [6.07, 6.45) is -3.02. The van der Waals surface area contributed by atoms with E-state index in [2.05, 4.69) is 4.37 Å². The molecule has 0 radical (unpaired) electrons. The molecule has 0 saturated heterocycles. The lowest BCUT2D eigenvalue weighted by molar-refractivity contribution is -0.137. The Morgan fingerprint density at radius 3 is 2.33 bits per heavy atom. The van der Waals surface area contributed by atoms with Gasteiger partial charge in [-0.05, 0) is 78.6 Å². The summed E-state index contributed by atoms with van der Waals surface area (Å²) in [4.78, 5) is 12.2. The van der Waals surface area contributed by atoms with Crippen molar-refractivity contribution in [3.8, 4) is 27.7 Å². The van der Waals surface area contributed by atoms with Crippen molar-refractivity contribution < 1.29 is 22.6 Å². The fourth-order valence-electron chi connectivity index (χ4n) is 3.93. The first-order chi connectivity index (χ1) is 15.9. The van der Waals surface area contributed by atoms with Crippen molar-refractivity contribution >= 4 is 11.5 Å². The van der Waals surface area contributed by atoms with Gasteiger partial charge in [0.1, 0.15) is 23.4 Å². The third-order valence-electron chi connectivity index (χ3n) is 5.52. The maximum absolute atomic E-state index is 12.8. The number of hydrogen-bond acceptors (Lipinski definition) is 4. The van der Waals surface area contributed by atoms with Crippen LogP contribution in [0.25, 0.3) is 10.4 Å². The number of H-pyrrole nitrogens is 1. The Bertz CT molecular complexity index is 1320. The molecule has 1 aliphatic rings. The Morgan fingerprint density at radius 2 is 1.67 bits per heavy atom. The van der Waals surface area contributed by atoms with Gasteiger partial charge in [0.15, 0.2) is 0 Å². The molecular weight excluding hydrogens is 451 g/mol. The van der Waals surface area contributed by atoms with Crippen LogP contribution < -0.4 is 15.0 Å². The molecule has 0 aliphatic heterocycles. The molecule has 4 nitrogen and oxygen atoms in total. The van der Waals surface area contributed by atoms with Gasteiger partial charge in [0.05, 0.1) is 10.4 Å². The van der Waals surface area contributed by atoms with Crippen LogP contribution in [-0.4, -0.2) is 4.37 Å². The van der Waals surface area contributed by atoms with Crippen molar-refractivity contribution in [3.05, 3.63) is 99.8 Å². The summed E-state index contributed by atoms with van der Waals surface area (Å²) in [7, 11) is 0. The van der Waals surface area contributed by atoms with Crippen molar-refractivity contribution in [2.45, 2.75) is 25.1 Å². The number of aromatic amines is 1. The second-order valence-electron chi connectivity index (χ2n) is 7.69. The van der Waals surface area contributed by atoms with Crippen LogP contribution in [0.3, 0.4) is 0 Å². The molecule has 1 heterocycles. The fourth-order valence-corrected chi connectivity index (χ4v) is 4.62. The molecule has 8 heteroatoms. The molecule has 1 atom stereocenters. The smallest absolute Gasteiger partial charge is 0.416 e. The van der Waals surface area contributed by atoms with E-state index in [1.54, 1.807) is 6.07 Å². The zero-order chi connectivity index (χ0) is 23.0. The highest BCUT2D eigenvalue weighted by Crippen LogP contribution is 2.41. The molecule has 1 aromatic heterocycles. The van der Waals surface area contributed by atoms with Crippen LogP contribution >= 0.6 is 11.5 Å².